The maximum Gasteiger partial charge on any atom is 0.265 e. The molecule has 4 aromatic rings. The molecule has 3 heterocycles. The van der Waals surface area contributed by atoms with E-state index in [9.17, 15) is 9.18 Å². The molecule has 1 amide bonds. The van der Waals surface area contributed by atoms with Gasteiger partial charge in [0.25, 0.3) is 5.91 Å². The Kier molecular flexibility index (Phi) is 4.50. The Morgan fingerprint density at radius 2 is 1.86 bits per heavy atom. The van der Waals surface area contributed by atoms with Gasteiger partial charge in [0.05, 0.1) is 34.2 Å². The molecular formula is C20H20FN5OS. The molecule has 1 aromatic carbocycles. The molecule has 4 rings (SSSR count). The normalized spacial score (nSPS) is 11.3. The van der Waals surface area contributed by atoms with Crippen LogP contribution in [0.1, 0.15) is 32.3 Å². The fraction of sp³-hybridized carbons (Fsp3) is 0.250. The first-order valence-electron chi connectivity index (χ1n) is 8.86. The third kappa shape index (κ3) is 3.20. The summed E-state index contributed by atoms with van der Waals surface area (Å²) in [6.45, 7) is 6.24. The highest BCUT2D eigenvalue weighted by molar-refractivity contribution is 7.20. The van der Waals surface area contributed by atoms with Crippen LogP contribution in [-0.4, -0.2) is 25.5 Å². The maximum absolute atomic E-state index is 13.1. The highest BCUT2D eigenvalue weighted by atomic mass is 32.1. The highest BCUT2D eigenvalue weighted by Crippen LogP contribution is 2.30. The molecular weight excluding hydrogens is 377 g/mol. The van der Waals surface area contributed by atoms with Gasteiger partial charge in [-0.1, -0.05) is 12.1 Å². The Labute approximate surface area is 165 Å². The van der Waals surface area contributed by atoms with Crippen LogP contribution in [0.25, 0.3) is 10.2 Å². The van der Waals surface area contributed by atoms with Crippen LogP contribution in [0.3, 0.4) is 0 Å². The van der Waals surface area contributed by atoms with Crippen LogP contribution < -0.4 is 5.32 Å². The SMILES string of the molecule is Cc1nn(C)c(C)c1NC(=O)c1cc2c(C)nn(Cc3ccc(F)cc3)c2s1. The summed E-state index contributed by atoms with van der Waals surface area (Å²) in [7, 11) is 1.85. The first kappa shape index (κ1) is 18.4. The molecule has 0 unspecified atom stereocenters. The number of amides is 1. The van der Waals surface area contributed by atoms with Gasteiger partial charge in [0.15, 0.2) is 0 Å². The Morgan fingerprint density at radius 3 is 2.50 bits per heavy atom. The minimum absolute atomic E-state index is 0.159. The molecule has 0 atom stereocenters. The average molecular weight is 397 g/mol. The number of halogens is 1. The Hall–Kier alpha value is -3.00. The number of aryl methyl sites for hydroxylation is 3. The van der Waals surface area contributed by atoms with Gasteiger partial charge in [-0.3, -0.25) is 14.2 Å². The zero-order chi connectivity index (χ0) is 20.0. The number of carbonyl (C=O) groups excluding carboxylic acids is 1. The van der Waals surface area contributed by atoms with Crippen molar-refractivity contribution in [1.82, 2.24) is 19.6 Å². The number of benzene rings is 1. The number of rotatable bonds is 4. The minimum Gasteiger partial charge on any atom is -0.318 e. The second kappa shape index (κ2) is 6.87. The Morgan fingerprint density at radius 1 is 1.14 bits per heavy atom. The van der Waals surface area contributed by atoms with E-state index in [0.717, 1.165) is 38.5 Å². The summed E-state index contributed by atoms with van der Waals surface area (Å²) in [6.07, 6.45) is 0. The van der Waals surface area contributed by atoms with Crippen molar-refractivity contribution in [2.75, 3.05) is 5.32 Å². The number of carbonyl (C=O) groups is 1. The van der Waals surface area contributed by atoms with Crippen molar-refractivity contribution in [3.63, 3.8) is 0 Å². The molecule has 8 heteroatoms. The number of nitrogens with zero attached hydrogens (tertiary/aromatic N) is 4. The molecule has 0 aliphatic heterocycles. The highest BCUT2D eigenvalue weighted by Gasteiger charge is 2.19. The summed E-state index contributed by atoms with van der Waals surface area (Å²) in [6, 6.07) is 8.24. The predicted octanol–water partition coefficient (Wildman–Crippen LogP) is 4.20. The predicted molar refractivity (Wildman–Crippen MR) is 108 cm³/mol. The number of thiophene rings is 1. The van der Waals surface area contributed by atoms with Gasteiger partial charge in [0.2, 0.25) is 0 Å². The zero-order valence-corrected chi connectivity index (χ0v) is 16.9. The summed E-state index contributed by atoms with van der Waals surface area (Å²) < 4.78 is 16.8. The molecule has 28 heavy (non-hydrogen) atoms. The van der Waals surface area contributed by atoms with Gasteiger partial charge in [-0.2, -0.15) is 10.2 Å². The number of aromatic nitrogens is 4. The van der Waals surface area contributed by atoms with E-state index in [1.54, 1.807) is 16.8 Å². The van der Waals surface area contributed by atoms with Crippen LogP contribution in [0.5, 0.6) is 0 Å². The molecule has 3 aromatic heterocycles. The molecule has 0 saturated heterocycles. The second-order valence-corrected chi connectivity index (χ2v) is 7.85. The van der Waals surface area contributed by atoms with E-state index in [2.05, 4.69) is 15.5 Å². The van der Waals surface area contributed by atoms with Crippen molar-refractivity contribution >= 4 is 33.1 Å². The average Bonchev–Trinajstić information content (AvgIpc) is 3.28. The van der Waals surface area contributed by atoms with E-state index < -0.39 is 0 Å². The third-order valence-electron chi connectivity index (χ3n) is 4.82. The fourth-order valence-corrected chi connectivity index (χ4v) is 4.28. The summed E-state index contributed by atoms with van der Waals surface area (Å²) in [5, 5.41) is 12.8. The number of hydrogen-bond acceptors (Lipinski definition) is 4. The first-order valence-corrected chi connectivity index (χ1v) is 9.68. The standard InChI is InChI=1S/C20H20FN5OS/c1-11-16-9-17(19(27)22-18-12(2)23-25(4)13(18)3)28-20(16)26(24-11)10-14-5-7-15(21)8-6-14/h5-9H,10H2,1-4H3,(H,22,27). The van der Waals surface area contributed by atoms with Crippen LogP contribution in [0.15, 0.2) is 30.3 Å². The molecule has 0 aliphatic carbocycles. The van der Waals surface area contributed by atoms with Crippen molar-refractivity contribution in [3.8, 4) is 0 Å². The lowest BCUT2D eigenvalue weighted by Gasteiger charge is -2.04. The molecule has 0 spiro atoms. The van der Waals surface area contributed by atoms with E-state index in [0.29, 0.717) is 11.4 Å². The van der Waals surface area contributed by atoms with Gasteiger partial charge >= 0.3 is 0 Å². The third-order valence-corrected chi connectivity index (χ3v) is 5.97. The topological polar surface area (TPSA) is 64.7 Å². The van der Waals surface area contributed by atoms with Crippen molar-refractivity contribution in [1.29, 1.82) is 0 Å². The van der Waals surface area contributed by atoms with E-state index in [-0.39, 0.29) is 11.7 Å². The van der Waals surface area contributed by atoms with Crippen molar-refractivity contribution in [2.45, 2.75) is 27.3 Å². The molecule has 0 saturated carbocycles. The van der Waals surface area contributed by atoms with Crippen molar-refractivity contribution in [2.24, 2.45) is 7.05 Å². The number of fused-ring (bicyclic) bond motifs is 1. The fourth-order valence-electron chi connectivity index (χ4n) is 3.22. The molecule has 6 nitrogen and oxygen atoms in total. The van der Waals surface area contributed by atoms with Gasteiger partial charge in [0, 0.05) is 12.4 Å². The van der Waals surface area contributed by atoms with Gasteiger partial charge in [-0.25, -0.2) is 4.39 Å². The van der Waals surface area contributed by atoms with E-state index >= 15 is 0 Å². The van der Waals surface area contributed by atoms with Gasteiger partial charge in [0.1, 0.15) is 10.6 Å². The molecule has 1 N–H and O–H groups in total. The maximum atomic E-state index is 13.1. The van der Waals surface area contributed by atoms with Crippen molar-refractivity contribution in [3.05, 3.63) is 63.7 Å². The Bertz CT molecular complexity index is 1190. The monoisotopic (exact) mass is 397 g/mol. The summed E-state index contributed by atoms with van der Waals surface area (Å²) in [4.78, 5) is 14.3. The molecule has 0 radical (unpaired) electrons. The van der Waals surface area contributed by atoms with Crippen LogP contribution in [0, 0.1) is 26.6 Å². The summed E-state index contributed by atoms with van der Waals surface area (Å²) >= 11 is 1.40. The lowest BCUT2D eigenvalue weighted by molar-refractivity contribution is 0.103. The first-order chi connectivity index (χ1) is 13.3. The zero-order valence-electron chi connectivity index (χ0n) is 16.1. The quantitative estimate of drug-likeness (QED) is 0.561. The molecule has 0 fully saturated rings. The van der Waals surface area contributed by atoms with Gasteiger partial charge in [-0.05, 0) is 44.5 Å². The second-order valence-electron chi connectivity index (χ2n) is 6.82. The van der Waals surface area contributed by atoms with E-state index in [1.807, 2.05) is 38.6 Å². The molecule has 0 aliphatic rings. The van der Waals surface area contributed by atoms with Gasteiger partial charge < -0.3 is 5.32 Å². The largest absolute Gasteiger partial charge is 0.318 e. The lowest BCUT2D eigenvalue weighted by atomic mass is 10.2. The Balaban J connectivity index is 1.64. The summed E-state index contributed by atoms with van der Waals surface area (Å²) in [5.74, 6) is -0.422. The van der Waals surface area contributed by atoms with Crippen molar-refractivity contribution < 1.29 is 9.18 Å². The summed E-state index contributed by atoms with van der Waals surface area (Å²) in [5.41, 5.74) is 4.25. The molecule has 0 bridgehead atoms. The van der Waals surface area contributed by atoms with Crippen LogP contribution in [-0.2, 0) is 13.6 Å². The van der Waals surface area contributed by atoms with Crippen LogP contribution in [0.4, 0.5) is 10.1 Å². The smallest absolute Gasteiger partial charge is 0.265 e. The molecule has 144 valence electrons. The van der Waals surface area contributed by atoms with Gasteiger partial charge in [-0.15, -0.1) is 11.3 Å². The lowest BCUT2D eigenvalue weighted by Crippen LogP contribution is -2.11. The number of anilines is 1. The van der Waals surface area contributed by atoms with E-state index in [1.165, 1.54) is 23.5 Å². The van der Waals surface area contributed by atoms with Crippen LogP contribution in [0.2, 0.25) is 0 Å². The number of nitrogens with one attached hydrogen (secondary N) is 1. The minimum atomic E-state index is -0.262. The van der Waals surface area contributed by atoms with Crippen LogP contribution >= 0.6 is 11.3 Å². The number of hydrogen-bond donors (Lipinski definition) is 1. The van der Waals surface area contributed by atoms with E-state index in [4.69, 9.17) is 0 Å².